The van der Waals surface area contributed by atoms with Crippen molar-refractivity contribution < 1.29 is 0 Å². The molecule has 16 heavy (non-hydrogen) atoms. The Hall–Kier alpha value is -0.120. The van der Waals surface area contributed by atoms with Crippen LogP contribution in [0.25, 0.3) is 0 Å². The number of nitrogens with zero attached hydrogens (tertiary/aromatic N) is 2. The molecule has 1 heterocycles. The number of piperazine rings is 1. The Morgan fingerprint density at radius 1 is 1.06 bits per heavy atom. The Kier molecular flexibility index (Phi) is 4.62. The molecule has 2 fully saturated rings. The van der Waals surface area contributed by atoms with Gasteiger partial charge in [0.05, 0.1) is 0 Å². The van der Waals surface area contributed by atoms with Crippen molar-refractivity contribution in [1.82, 2.24) is 9.80 Å². The topological polar surface area (TPSA) is 32.5 Å². The van der Waals surface area contributed by atoms with Crippen molar-refractivity contribution in [2.24, 2.45) is 5.73 Å². The summed E-state index contributed by atoms with van der Waals surface area (Å²) in [4.78, 5) is 5.24. The zero-order valence-corrected chi connectivity index (χ0v) is 10.7. The maximum absolute atomic E-state index is 5.85. The molecule has 0 bridgehead atoms. The van der Waals surface area contributed by atoms with Crippen molar-refractivity contribution in [3.63, 3.8) is 0 Å². The molecule has 0 spiro atoms. The fourth-order valence-corrected chi connectivity index (χ4v) is 3.16. The fourth-order valence-electron chi connectivity index (χ4n) is 3.16. The highest BCUT2D eigenvalue weighted by Crippen LogP contribution is 2.23. The SMILES string of the molecule is C[C@H](N)CN1CCN(C2CCCCC2)CC1. The highest BCUT2D eigenvalue weighted by atomic mass is 15.3. The molecule has 0 radical (unpaired) electrons. The fraction of sp³-hybridized carbons (Fsp3) is 1.00. The van der Waals surface area contributed by atoms with Gasteiger partial charge in [0.1, 0.15) is 0 Å². The van der Waals surface area contributed by atoms with Gasteiger partial charge in [0.2, 0.25) is 0 Å². The summed E-state index contributed by atoms with van der Waals surface area (Å²) in [6.07, 6.45) is 7.23. The number of hydrogen-bond donors (Lipinski definition) is 1. The monoisotopic (exact) mass is 225 g/mol. The summed E-state index contributed by atoms with van der Waals surface area (Å²) in [7, 11) is 0. The van der Waals surface area contributed by atoms with Crippen molar-refractivity contribution >= 4 is 0 Å². The van der Waals surface area contributed by atoms with Crippen molar-refractivity contribution in [3.8, 4) is 0 Å². The molecule has 0 amide bonds. The molecule has 3 nitrogen and oxygen atoms in total. The smallest absolute Gasteiger partial charge is 0.0139 e. The van der Waals surface area contributed by atoms with Crippen molar-refractivity contribution in [2.75, 3.05) is 32.7 Å². The van der Waals surface area contributed by atoms with E-state index in [0.29, 0.717) is 6.04 Å². The maximum Gasteiger partial charge on any atom is 0.0139 e. The van der Waals surface area contributed by atoms with Gasteiger partial charge in [-0.05, 0) is 19.8 Å². The molecule has 0 aromatic rings. The molecule has 3 heteroatoms. The standard InChI is InChI=1S/C13H27N3/c1-12(14)11-15-7-9-16(10-8-15)13-5-3-2-4-6-13/h12-13H,2-11,14H2,1H3/t12-/m0/s1. The van der Waals surface area contributed by atoms with Crippen LogP contribution in [-0.4, -0.2) is 54.6 Å². The molecular weight excluding hydrogens is 198 g/mol. The highest BCUT2D eigenvalue weighted by Gasteiger charge is 2.24. The van der Waals surface area contributed by atoms with Crippen LogP contribution in [0.1, 0.15) is 39.0 Å². The van der Waals surface area contributed by atoms with E-state index in [2.05, 4.69) is 16.7 Å². The molecule has 1 atom stereocenters. The van der Waals surface area contributed by atoms with E-state index >= 15 is 0 Å². The van der Waals surface area contributed by atoms with Crippen LogP contribution in [0.4, 0.5) is 0 Å². The first-order valence-corrected chi connectivity index (χ1v) is 6.97. The molecule has 94 valence electrons. The van der Waals surface area contributed by atoms with Gasteiger partial charge in [0.25, 0.3) is 0 Å². The Labute approximate surface area is 100.0 Å². The van der Waals surface area contributed by atoms with Crippen molar-refractivity contribution in [2.45, 2.75) is 51.1 Å². The van der Waals surface area contributed by atoms with Gasteiger partial charge < -0.3 is 5.73 Å². The molecule has 1 saturated heterocycles. The van der Waals surface area contributed by atoms with Crippen LogP contribution < -0.4 is 5.73 Å². The lowest BCUT2D eigenvalue weighted by molar-refractivity contribution is 0.0769. The summed E-state index contributed by atoms with van der Waals surface area (Å²) in [6.45, 7) is 8.14. The van der Waals surface area contributed by atoms with Crippen LogP contribution >= 0.6 is 0 Å². The lowest BCUT2D eigenvalue weighted by atomic mass is 9.94. The van der Waals surface area contributed by atoms with E-state index in [-0.39, 0.29) is 0 Å². The number of nitrogens with two attached hydrogens (primary N) is 1. The van der Waals surface area contributed by atoms with Crippen LogP contribution in [0, 0.1) is 0 Å². The van der Waals surface area contributed by atoms with Crippen LogP contribution in [-0.2, 0) is 0 Å². The van der Waals surface area contributed by atoms with Crippen LogP contribution in [0.3, 0.4) is 0 Å². The zero-order chi connectivity index (χ0) is 11.4. The van der Waals surface area contributed by atoms with Gasteiger partial charge in [-0.15, -0.1) is 0 Å². The van der Waals surface area contributed by atoms with Gasteiger partial charge in [0.15, 0.2) is 0 Å². The molecule has 1 saturated carbocycles. The first kappa shape index (κ1) is 12.3. The molecule has 2 N–H and O–H groups in total. The summed E-state index contributed by atoms with van der Waals surface area (Å²) in [5.74, 6) is 0. The van der Waals surface area contributed by atoms with Gasteiger partial charge in [-0.2, -0.15) is 0 Å². The summed E-state index contributed by atoms with van der Waals surface area (Å²) in [5, 5.41) is 0. The van der Waals surface area contributed by atoms with Gasteiger partial charge in [0, 0.05) is 44.8 Å². The zero-order valence-electron chi connectivity index (χ0n) is 10.7. The minimum absolute atomic E-state index is 0.321. The van der Waals surface area contributed by atoms with Crippen molar-refractivity contribution in [1.29, 1.82) is 0 Å². The van der Waals surface area contributed by atoms with Gasteiger partial charge >= 0.3 is 0 Å². The molecular formula is C13H27N3. The van der Waals surface area contributed by atoms with Gasteiger partial charge in [-0.3, -0.25) is 9.80 Å². The molecule has 0 aromatic carbocycles. The third-order valence-corrected chi connectivity index (χ3v) is 4.04. The van der Waals surface area contributed by atoms with Crippen LogP contribution in [0.15, 0.2) is 0 Å². The first-order valence-electron chi connectivity index (χ1n) is 6.97. The second kappa shape index (κ2) is 5.99. The third kappa shape index (κ3) is 3.44. The second-order valence-corrected chi connectivity index (χ2v) is 5.61. The minimum Gasteiger partial charge on any atom is -0.327 e. The Morgan fingerprint density at radius 3 is 2.25 bits per heavy atom. The number of rotatable bonds is 3. The minimum atomic E-state index is 0.321. The summed E-state index contributed by atoms with van der Waals surface area (Å²) >= 11 is 0. The van der Waals surface area contributed by atoms with E-state index in [1.165, 1.54) is 58.3 Å². The van der Waals surface area contributed by atoms with E-state index < -0.39 is 0 Å². The maximum atomic E-state index is 5.85. The summed E-state index contributed by atoms with van der Waals surface area (Å²) < 4.78 is 0. The van der Waals surface area contributed by atoms with Crippen molar-refractivity contribution in [3.05, 3.63) is 0 Å². The quantitative estimate of drug-likeness (QED) is 0.785. The van der Waals surface area contributed by atoms with E-state index in [0.717, 1.165) is 12.6 Å². The third-order valence-electron chi connectivity index (χ3n) is 4.04. The predicted octanol–water partition coefficient (Wildman–Crippen LogP) is 1.28. The summed E-state index contributed by atoms with van der Waals surface area (Å²) in [6, 6.07) is 1.22. The Balaban J connectivity index is 1.71. The first-order chi connectivity index (χ1) is 7.75. The van der Waals surface area contributed by atoms with E-state index in [1.807, 2.05) is 0 Å². The lowest BCUT2D eigenvalue weighted by Gasteiger charge is -2.41. The normalized spacial score (nSPS) is 28.1. The predicted molar refractivity (Wildman–Crippen MR) is 68.5 cm³/mol. The molecule has 2 rings (SSSR count). The molecule has 0 unspecified atom stereocenters. The second-order valence-electron chi connectivity index (χ2n) is 5.61. The van der Waals surface area contributed by atoms with E-state index in [4.69, 9.17) is 5.73 Å². The molecule has 1 aliphatic heterocycles. The molecule has 1 aliphatic carbocycles. The largest absolute Gasteiger partial charge is 0.327 e. The van der Waals surface area contributed by atoms with Crippen LogP contribution in [0.5, 0.6) is 0 Å². The molecule has 0 aromatic heterocycles. The lowest BCUT2D eigenvalue weighted by Crippen LogP contribution is -2.52. The van der Waals surface area contributed by atoms with E-state index in [1.54, 1.807) is 0 Å². The Bertz CT molecular complexity index is 191. The average molecular weight is 225 g/mol. The highest BCUT2D eigenvalue weighted by molar-refractivity contribution is 4.81. The molecule has 2 aliphatic rings. The van der Waals surface area contributed by atoms with E-state index in [9.17, 15) is 0 Å². The number of hydrogen-bond acceptors (Lipinski definition) is 3. The van der Waals surface area contributed by atoms with Crippen LogP contribution in [0.2, 0.25) is 0 Å². The Morgan fingerprint density at radius 2 is 1.69 bits per heavy atom. The van der Waals surface area contributed by atoms with Gasteiger partial charge in [-0.25, -0.2) is 0 Å². The summed E-state index contributed by atoms with van der Waals surface area (Å²) in [5.41, 5.74) is 5.85. The van der Waals surface area contributed by atoms with Gasteiger partial charge in [-0.1, -0.05) is 19.3 Å². The average Bonchev–Trinajstić information content (AvgIpc) is 2.30.